The van der Waals surface area contributed by atoms with Crippen molar-refractivity contribution < 1.29 is 17.9 Å². The lowest BCUT2D eigenvalue weighted by molar-refractivity contribution is -0.143. The Morgan fingerprint density at radius 2 is 1.89 bits per heavy atom. The van der Waals surface area contributed by atoms with E-state index in [9.17, 15) is 13.2 Å². The molecule has 0 aliphatic heterocycles. The number of ether oxygens (including phenoxy) is 1. The van der Waals surface area contributed by atoms with Gasteiger partial charge in [0, 0.05) is 11.8 Å². The topological polar surface area (TPSA) is 60.4 Å². The molecule has 1 atom stereocenters. The number of benzene rings is 1. The zero-order valence-electron chi connectivity index (χ0n) is 11.3. The van der Waals surface area contributed by atoms with Crippen LogP contribution in [0.3, 0.4) is 0 Å². The van der Waals surface area contributed by atoms with Crippen molar-refractivity contribution in [1.82, 2.24) is 0 Å². The molecule has 0 amide bonds. The fourth-order valence-electron chi connectivity index (χ4n) is 1.71. The van der Waals surface area contributed by atoms with Gasteiger partial charge in [0.25, 0.3) is 0 Å². The van der Waals surface area contributed by atoms with Crippen LogP contribution in [-0.2, 0) is 19.4 Å². The first kappa shape index (κ1) is 15.4. The van der Waals surface area contributed by atoms with E-state index in [-0.39, 0.29) is 9.80 Å². The number of carbonyl (C=O) groups is 1. The maximum Gasteiger partial charge on any atom is 0.303 e. The minimum Gasteiger partial charge on any atom is -0.459 e. The van der Waals surface area contributed by atoms with Gasteiger partial charge in [0.15, 0.2) is 0 Å². The van der Waals surface area contributed by atoms with Gasteiger partial charge in [0.1, 0.15) is 6.10 Å². The van der Waals surface area contributed by atoms with E-state index in [1.165, 1.54) is 13.0 Å². The van der Waals surface area contributed by atoms with Gasteiger partial charge < -0.3 is 4.74 Å². The molecule has 0 radical (unpaired) electrons. The molecule has 0 aromatic heterocycles. The van der Waals surface area contributed by atoms with E-state index in [0.29, 0.717) is 6.42 Å². The fourth-order valence-corrected chi connectivity index (χ4v) is 3.28. The number of rotatable bonds is 5. The van der Waals surface area contributed by atoms with Crippen LogP contribution < -0.4 is 0 Å². The molecule has 1 aromatic rings. The maximum atomic E-state index is 12.4. The van der Waals surface area contributed by atoms with Gasteiger partial charge in [-0.15, -0.1) is 0 Å². The van der Waals surface area contributed by atoms with Gasteiger partial charge in [-0.05, 0) is 31.6 Å². The number of hydrogen-bond donors (Lipinski definition) is 0. The highest BCUT2D eigenvalue weighted by atomic mass is 32.2. The smallest absolute Gasteiger partial charge is 0.303 e. The van der Waals surface area contributed by atoms with E-state index in [1.807, 2.05) is 0 Å². The molecule has 5 heteroatoms. The molecule has 0 aliphatic carbocycles. The second kappa shape index (κ2) is 6.52. The molecular formula is C14H18O4S. The van der Waals surface area contributed by atoms with Crippen molar-refractivity contribution >= 4 is 15.8 Å². The molecule has 0 unspecified atom stereocenters. The van der Waals surface area contributed by atoms with Crippen molar-refractivity contribution in [2.45, 2.75) is 38.2 Å². The summed E-state index contributed by atoms with van der Waals surface area (Å²) >= 11 is 0. The Kier molecular flexibility index (Phi) is 5.30. The van der Waals surface area contributed by atoms with Gasteiger partial charge in [0.05, 0.1) is 4.90 Å². The Hall–Kier alpha value is -1.62. The van der Waals surface area contributed by atoms with Crippen LogP contribution in [0.15, 0.2) is 46.2 Å². The first-order valence-corrected chi connectivity index (χ1v) is 7.54. The summed E-state index contributed by atoms with van der Waals surface area (Å²) in [6, 6.07) is 8.21. The van der Waals surface area contributed by atoms with Crippen molar-refractivity contribution in [1.29, 1.82) is 0 Å². The summed E-state index contributed by atoms with van der Waals surface area (Å²) < 4.78 is 29.7. The van der Waals surface area contributed by atoms with E-state index < -0.39 is 21.9 Å². The van der Waals surface area contributed by atoms with E-state index in [4.69, 9.17) is 4.74 Å². The lowest BCUT2D eigenvalue weighted by Gasteiger charge is -2.11. The predicted molar refractivity (Wildman–Crippen MR) is 73.2 cm³/mol. The highest BCUT2D eigenvalue weighted by Crippen LogP contribution is 2.22. The second-order valence-electron chi connectivity index (χ2n) is 4.12. The van der Waals surface area contributed by atoms with Crippen LogP contribution in [0.25, 0.3) is 0 Å². The third-order valence-electron chi connectivity index (χ3n) is 2.52. The zero-order chi connectivity index (χ0) is 14.5. The van der Waals surface area contributed by atoms with Crippen LogP contribution in [0, 0.1) is 0 Å². The summed E-state index contributed by atoms with van der Waals surface area (Å²) in [6.07, 6.45) is 1.26. The maximum absolute atomic E-state index is 12.4. The van der Waals surface area contributed by atoms with Gasteiger partial charge in [-0.2, -0.15) is 0 Å². The highest BCUT2D eigenvalue weighted by Gasteiger charge is 2.20. The van der Waals surface area contributed by atoms with Gasteiger partial charge >= 0.3 is 5.97 Å². The normalized spacial score (nSPS) is 13.9. The number of sulfone groups is 1. The van der Waals surface area contributed by atoms with Crippen LogP contribution >= 0.6 is 0 Å². The Morgan fingerprint density at radius 1 is 1.32 bits per heavy atom. The van der Waals surface area contributed by atoms with Crippen molar-refractivity contribution in [2.75, 3.05) is 0 Å². The molecule has 0 N–H and O–H groups in total. The van der Waals surface area contributed by atoms with Crippen LogP contribution in [0.1, 0.15) is 27.2 Å². The van der Waals surface area contributed by atoms with Crippen LogP contribution in [0.5, 0.6) is 0 Å². The quantitative estimate of drug-likeness (QED) is 0.779. The molecule has 104 valence electrons. The lowest BCUT2D eigenvalue weighted by Crippen LogP contribution is -2.13. The monoisotopic (exact) mass is 282 g/mol. The summed E-state index contributed by atoms with van der Waals surface area (Å²) in [6.45, 7) is 4.69. The van der Waals surface area contributed by atoms with Crippen LogP contribution in [0.2, 0.25) is 0 Å². The number of hydrogen-bond acceptors (Lipinski definition) is 4. The molecule has 1 rings (SSSR count). The molecule has 0 fully saturated rings. The summed E-state index contributed by atoms with van der Waals surface area (Å²) in [5.74, 6) is -0.434. The molecule has 0 spiro atoms. The van der Waals surface area contributed by atoms with E-state index in [1.54, 1.807) is 44.2 Å². The Balaban J connectivity index is 3.09. The van der Waals surface area contributed by atoms with Gasteiger partial charge in [-0.1, -0.05) is 25.1 Å². The molecule has 4 nitrogen and oxygen atoms in total. The summed E-state index contributed by atoms with van der Waals surface area (Å²) in [7, 11) is -3.51. The average Bonchev–Trinajstić information content (AvgIpc) is 2.36. The van der Waals surface area contributed by atoms with Crippen LogP contribution in [-0.4, -0.2) is 20.5 Å². The van der Waals surface area contributed by atoms with Gasteiger partial charge in [-0.25, -0.2) is 8.42 Å². The van der Waals surface area contributed by atoms with E-state index >= 15 is 0 Å². The molecule has 0 saturated carbocycles. The lowest BCUT2D eigenvalue weighted by atomic mass is 10.3. The second-order valence-corrected chi connectivity index (χ2v) is 6.12. The summed E-state index contributed by atoms with van der Waals surface area (Å²) in [5, 5.41) is 0. The molecule has 0 heterocycles. The van der Waals surface area contributed by atoms with Crippen molar-refractivity contribution in [2.24, 2.45) is 0 Å². The first-order chi connectivity index (χ1) is 8.87. The highest BCUT2D eigenvalue weighted by molar-refractivity contribution is 7.95. The van der Waals surface area contributed by atoms with Crippen molar-refractivity contribution in [3.05, 3.63) is 41.3 Å². The minimum atomic E-state index is -3.51. The number of allylic oxidation sites excluding steroid dienone is 1. The average molecular weight is 282 g/mol. The third-order valence-corrected chi connectivity index (χ3v) is 4.53. The summed E-state index contributed by atoms with van der Waals surface area (Å²) in [4.78, 5) is 11.3. The molecule has 0 saturated heterocycles. The Morgan fingerprint density at radius 3 is 2.37 bits per heavy atom. The predicted octanol–water partition coefficient (Wildman–Crippen LogP) is 2.71. The minimum absolute atomic E-state index is 0.248. The third kappa shape index (κ3) is 4.21. The molecule has 1 aromatic carbocycles. The fraction of sp³-hybridized carbons (Fsp3) is 0.357. The molecule has 0 bridgehead atoms. The zero-order valence-corrected chi connectivity index (χ0v) is 12.1. The Labute approximate surface area is 114 Å². The first-order valence-electron chi connectivity index (χ1n) is 6.06. The summed E-state index contributed by atoms with van der Waals surface area (Å²) in [5.41, 5.74) is 0. The Bertz CT molecular complexity index is 558. The molecular weight excluding hydrogens is 264 g/mol. The van der Waals surface area contributed by atoms with Gasteiger partial charge in [-0.3, -0.25) is 4.79 Å². The molecule has 0 aliphatic rings. The van der Waals surface area contributed by atoms with Crippen molar-refractivity contribution in [3.63, 3.8) is 0 Å². The number of esters is 1. The van der Waals surface area contributed by atoms with Crippen molar-refractivity contribution in [3.8, 4) is 0 Å². The van der Waals surface area contributed by atoms with E-state index in [2.05, 4.69) is 0 Å². The van der Waals surface area contributed by atoms with Crippen LogP contribution in [0.4, 0.5) is 0 Å². The van der Waals surface area contributed by atoms with Gasteiger partial charge in [0.2, 0.25) is 9.84 Å². The molecule has 19 heavy (non-hydrogen) atoms. The van der Waals surface area contributed by atoms with E-state index in [0.717, 1.165) is 0 Å². The standard InChI is InChI=1S/C14H18O4S/c1-4-13(10-11(2)18-12(3)15)19(16,17)14-8-6-5-7-9-14/h5-11H,4H2,1-3H3/b13-10-/t11-/m1/s1. The number of carbonyl (C=O) groups excluding carboxylic acids is 1. The SMILES string of the molecule is CC/C(=C/[C@@H](C)OC(C)=O)S(=O)(=O)c1ccccc1. The largest absolute Gasteiger partial charge is 0.459 e.